The van der Waals surface area contributed by atoms with Crippen molar-refractivity contribution in [1.82, 2.24) is 9.55 Å². The Hall–Kier alpha value is -0.290. The largest absolute Gasteiger partial charge is 0.324 e. The monoisotopic (exact) mass is 360 g/mol. The second kappa shape index (κ2) is 4.43. The summed E-state index contributed by atoms with van der Waals surface area (Å²) in [6, 6.07) is 6.95. The van der Waals surface area contributed by atoms with Gasteiger partial charge in [-0.1, -0.05) is 0 Å². The molecule has 0 aliphatic heterocycles. The van der Waals surface area contributed by atoms with Crippen LogP contribution in [0.15, 0.2) is 18.2 Å². The lowest BCUT2D eigenvalue weighted by molar-refractivity contribution is 0.486. The van der Waals surface area contributed by atoms with Gasteiger partial charge in [0.25, 0.3) is 0 Å². The fourth-order valence-corrected chi connectivity index (χ4v) is 3.12. The van der Waals surface area contributed by atoms with Crippen LogP contribution in [0.5, 0.6) is 0 Å². The second-order valence-electron chi connectivity index (χ2n) is 4.74. The van der Waals surface area contributed by atoms with E-state index >= 15 is 0 Å². The Morgan fingerprint density at radius 1 is 1.53 bits per heavy atom. The minimum Gasteiger partial charge on any atom is -0.324 e. The molecule has 90 valence electrons. The van der Waals surface area contributed by atoms with Crippen molar-refractivity contribution in [2.75, 3.05) is 0 Å². The van der Waals surface area contributed by atoms with Crippen molar-refractivity contribution in [3.63, 3.8) is 0 Å². The van der Waals surface area contributed by atoms with E-state index in [1.54, 1.807) is 0 Å². The molecular weight excluding hydrogens is 347 g/mol. The average molecular weight is 361 g/mol. The molecule has 0 saturated heterocycles. The van der Waals surface area contributed by atoms with Gasteiger partial charge in [-0.2, -0.15) is 0 Å². The van der Waals surface area contributed by atoms with Crippen LogP contribution < -0.4 is 0 Å². The van der Waals surface area contributed by atoms with E-state index in [1.807, 2.05) is 0 Å². The van der Waals surface area contributed by atoms with Crippen molar-refractivity contribution < 1.29 is 0 Å². The third-order valence-electron chi connectivity index (χ3n) is 3.56. The van der Waals surface area contributed by atoms with Gasteiger partial charge in [0, 0.05) is 9.61 Å². The molecule has 0 radical (unpaired) electrons. The van der Waals surface area contributed by atoms with Crippen molar-refractivity contribution in [2.24, 2.45) is 5.92 Å². The molecule has 17 heavy (non-hydrogen) atoms. The maximum absolute atomic E-state index is 6.03. The van der Waals surface area contributed by atoms with Crippen LogP contribution in [0.3, 0.4) is 0 Å². The summed E-state index contributed by atoms with van der Waals surface area (Å²) < 4.78 is 3.55. The van der Waals surface area contributed by atoms with E-state index in [4.69, 9.17) is 11.6 Å². The van der Waals surface area contributed by atoms with E-state index in [9.17, 15) is 0 Å². The summed E-state index contributed by atoms with van der Waals surface area (Å²) in [5.41, 5.74) is 2.29. The number of halogens is 2. The van der Waals surface area contributed by atoms with Crippen LogP contribution >= 0.6 is 34.2 Å². The minimum atomic E-state index is 0.488. The summed E-state index contributed by atoms with van der Waals surface area (Å²) in [5.74, 6) is 2.30. The second-order valence-corrected chi connectivity index (χ2v) is 6.26. The summed E-state index contributed by atoms with van der Waals surface area (Å²) in [5, 5.41) is 0. The van der Waals surface area contributed by atoms with Crippen LogP contribution in [0.4, 0.5) is 0 Å². The standard InChI is InChI=1S/C13H14ClIN2/c1-8(9-2-3-9)17-12-5-4-10(15)6-11(12)16-13(17)7-14/h4-6,8-9H,2-3,7H2,1H3. The van der Waals surface area contributed by atoms with Gasteiger partial charge in [-0.15, -0.1) is 11.6 Å². The third kappa shape index (κ3) is 2.08. The zero-order chi connectivity index (χ0) is 12.0. The van der Waals surface area contributed by atoms with Gasteiger partial charge in [-0.3, -0.25) is 0 Å². The van der Waals surface area contributed by atoms with Gasteiger partial charge in [0.2, 0.25) is 0 Å². The Morgan fingerprint density at radius 2 is 2.29 bits per heavy atom. The molecule has 2 aromatic rings. The minimum absolute atomic E-state index is 0.488. The van der Waals surface area contributed by atoms with Gasteiger partial charge < -0.3 is 4.57 Å². The zero-order valence-electron chi connectivity index (χ0n) is 9.66. The van der Waals surface area contributed by atoms with E-state index in [0.29, 0.717) is 11.9 Å². The average Bonchev–Trinajstić information content (AvgIpc) is 3.09. The molecule has 1 aromatic carbocycles. The Labute approximate surface area is 120 Å². The molecule has 1 unspecified atom stereocenters. The lowest BCUT2D eigenvalue weighted by atomic mass is 10.2. The fraction of sp³-hybridized carbons (Fsp3) is 0.462. The molecule has 0 bridgehead atoms. The lowest BCUT2D eigenvalue weighted by Crippen LogP contribution is -2.10. The Bertz CT molecular complexity index is 560. The number of aromatic nitrogens is 2. The van der Waals surface area contributed by atoms with E-state index in [-0.39, 0.29) is 0 Å². The van der Waals surface area contributed by atoms with Crippen molar-refractivity contribution in [3.8, 4) is 0 Å². The normalized spacial score (nSPS) is 17.6. The van der Waals surface area contributed by atoms with E-state index in [2.05, 4.69) is 57.3 Å². The molecule has 1 saturated carbocycles. The molecule has 1 aliphatic rings. The molecule has 2 nitrogen and oxygen atoms in total. The summed E-state index contributed by atoms with van der Waals surface area (Å²) in [7, 11) is 0. The van der Waals surface area contributed by atoms with Crippen LogP contribution in [-0.2, 0) is 5.88 Å². The highest BCUT2D eigenvalue weighted by Crippen LogP contribution is 2.41. The van der Waals surface area contributed by atoms with Crippen LogP contribution in [0.25, 0.3) is 11.0 Å². The summed E-state index contributed by atoms with van der Waals surface area (Å²) in [6.07, 6.45) is 2.68. The molecule has 1 heterocycles. The first kappa shape index (κ1) is 11.8. The van der Waals surface area contributed by atoms with Crippen molar-refractivity contribution in [2.45, 2.75) is 31.7 Å². The molecule has 0 N–H and O–H groups in total. The Kier molecular flexibility index (Phi) is 3.07. The van der Waals surface area contributed by atoms with E-state index in [0.717, 1.165) is 17.3 Å². The number of rotatable bonds is 3. The van der Waals surface area contributed by atoms with Gasteiger partial charge in [0.05, 0.1) is 16.9 Å². The van der Waals surface area contributed by atoms with Crippen LogP contribution in [-0.4, -0.2) is 9.55 Å². The zero-order valence-corrected chi connectivity index (χ0v) is 12.6. The topological polar surface area (TPSA) is 17.8 Å². The van der Waals surface area contributed by atoms with Gasteiger partial charge in [0.1, 0.15) is 5.82 Å². The number of hydrogen-bond donors (Lipinski definition) is 0. The molecule has 1 aliphatic carbocycles. The van der Waals surface area contributed by atoms with Gasteiger partial charge in [-0.25, -0.2) is 4.98 Å². The molecule has 1 aromatic heterocycles. The fourth-order valence-electron chi connectivity index (χ4n) is 2.46. The highest BCUT2D eigenvalue weighted by Gasteiger charge is 2.31. The predicted molar refractivity (Wildman–Crippen MR) is 79.4 cm³/mol. The number of benzene rings is 1. The predicted octanol–water partition coefficient (Wildman–Crippen LogP) is 4.35. The molecule has 1 atom stereocenters. The maximum Gasteiger partial charge on any atom is 0.125 e. The molecule has 1 fully saturated rings. The van der Waals surface area contributed by atoms with Crippen LogP contribution in [0.1, 0.15) is 31.6 Å². The summed E-state index contributed by atoms with van der Waals surface area (Å²) in [6.45, 7) is 2.28. The van der Waals surface area contributed by atoms with Crippen LogP contribution in [0.2, 0.25) is 0 Å². The number of nitrogens with zero attached hydrogens (tertiary/aromatic N) is 2. The summed E-state index contributed by atoms with van der Waals surface area (Å²) in [4.78, 5) is 4.65. The van der Waals surface area contributed by atoms with Gasteiger partial charge in [0.15, 0.2) is 0 Å². The molecule has 0 amide bonds. The first-order chi connectivity index (χ1) is 8.20. The molecular formula is C13H14ClIN2. The van der Waals surface area contributed by atoms with Gasteiger partial charge in [-0.05, 0) is 66.5 Å². The van der Waals surface area contributed by atoms with Crippen molar-refractivity contribution in [1.29, 1.82) is 0 Å². The highest BCUT2D eigenvalue weighted by atomic mass is 127. The molecule has 0 spiro atoms. The third-order valence-corrected chi connectivity index (χ3v) is 4.47. The highest BCUT2D eigenvalue weighted by molar-refractivity contribution is 14.1. The Balaban J connectivity index is 2.18. The lowest BCUT2D eigenvalue weighted by Gasteiger charge is -2.16. The first-order valence-electron chi connectivity index (χ1n) is 5.93. The summed E-state index contributed by atoms with van der Waals surface area (Å²) >= 11 is 8.35. The number of fused-ring (bicyclic) bond motifs is 1. The Morgan fingerprint density at radius 3 is 2.94 bits per heavy atom. The SMILES string of the molecule is CC(C1CC1)n1c(CCl)nc2cc(I)ccc21. The molecule has 3 rings (SSSR count). The molecule has 4 heteroatoms. The first-order valence-corrected chi connectivity index (χ1v) is 7.54. The number of hydrogen-bond acceptors (Lipinski definition) is 1. The maximum atomic E-state index is 6.03. The number of imidazole rings is 1. The van der Waals surface area contributed by atoms with Gasteiger partial charge >= 0.3 is 0 Å². The quantitative estimate of drug-likeness (QED) is 0.588. The van der Waals surface area contributed by atoms with Crippen molar-refractivity contribution >= 4 is 45.2 Å². The van der Waals surface area contributed by atoms with E-state index in [1.165, 1.54) is 21.9 Å². The smallest absolute Gasteiger partial charge is 0.125 e. The number of alkyl halides is 1. The van der Waals surface area contributed by atoms with Crippen molar-refractivity contribution in [3.05, 3.63) is 27.6 Å². The van der Waals surface area contributed by atoms with E-state index < -0.39 is 0 Å². The van der Waals surface area contributed by atoms with Crippen LogP contribution in [0, 0.1) is 9.49 Å².